The summed E-state index contributed by atoms with van der Waals surface area (Å²) in [6.07, 6.45) is 3.37. The molecule has 3 rings (SSSR count). The number of aromatic nitrogens is 1. The number of methoxy groups -OCH3 is 1. The zero-order chi connectivity index (χ0) is 15.4. The Kier molecular flexibility index (Phi) is 4.74. The van der Waals surface area contributed by atoms with Crippen molar-refractivity contribution in [3.05, 3.63) is 59.4 Å². The van der Waals surface area contributed by atoms with Gasteiger partial charge in [0, 0.05) is 30.3 Å². The van der Waals surface area contributed by atoms with E-state index in [4.69, 9.17) is 9.72 Å². The van der Waals surface area contributed by atoms with Crippen molar-refractivity contribution in [2.24, 2.45) is 0 Å². The summed E-state index contributed by atoms with van der Waals surface area (Å²) in [5.74, 6) is 1.48. The Balaban J connectivity index is 1.75. The van der Waals surface area contributed by atoms with E-state index in [2.05, 4.69) is 42.3 Å². The minimum Gasteiger partial charge on any atom is -0.497 e. The van der Waals surface area contributed by atoms with E-state index in [0.29, 0.717) is 5.92 Å². The van der Waals surface area contributed by atoms with Gasteiger partial charge in [0.2, 0.25) is 0 Å². The monoisotopic (exact) mass is 296 g/mol. The maximum Gasteiger partial charge on any atom is 0.119 e. The van der Waals surface area contributed by atoms with E-state index in [1.54, 1.807) is 7.11 Å². The minimum atomic E-state index is 0.573. The summed E-state index contributed by atoms with van der Waals surface area (Å²) in [5.41, 5.74) is 3.62. The molecule has 0 spiro atoms. The molecule has 1 aromatic carbocycles. The van der Waals surface area contributed by atoms with E-state index in [-0.39, 0.29) is 0 Å². The molecule has 22 heavy (non-hydrogen) atoms. The van der Waals surface area contributed by atoms with Crippen LogP contribution in [0.25, 0.3) is 0 Å². The molecular formula is C19H24N2O. The summed E-state index contributed by atoms with van der Waals surface area (Å²) < 4.78 is 5.30. The standard InChI is InChI=1S/C19H24N2O/c1-21-11-5-7-16(14-21)19-10-4-8-17(20-19)12-15-6-3-9-18(13-15)22-2/h3-4,6,8-10,13,16H,5,7,11-12,14H2,1-2H3/t16-/m0/s1. The van der Waals surface area contributed by atoms with Crippen LogP contribution in [0.1, 0.15) is 35.7 Å². The quantitative estimate of drug-likeness (QED) is 0.863. The molecule has 0 bridgehead atoms. The first-order chi connectivity index (χ1) is 10.7. The maximum absolute atomic E-state index is 5.30. The highest BCUT2D eigenvalue weighted by atomic mass is 16.5. The fourth-order valence-electron chi connectivity index (χ4n) is 3.22. The molecule has 1 aliphatic heterocycles. The Morgan fingerprint density at radius 1 is 1.23 bits per heavy atom. The second kappa shape index (κ2) is 6.93. The van der Waals surface area contributed by atoms with Gasteiger partial charge in [-0.3, -0.25) is 4.98 Å². The molecule has 0 aliphatic carbocycles. The topological polar surface area (TPSA) is 25.4 Å². The third kappa shape index (κ3) is 3.66. The molecule has 1 fully saturated rings. The number of ether oxygens (including phenoxy) is 1. The lowest BCUT2D eigenvalue weighted by Crippen LogP contribution is -2.31. The molecule has 116 valence electrons. The lowest BCUT2D eigenvalue weighted by atomic mass is 9.94. The Morgan fingerprint density at radius 2 is 2.09 bits per heavy atom. The number of hydrogen-bond donors (Lipinski definition) is 0. The van der Waals surface area contributed by atoms with Crippen LogP contribution in [0.15, 0.2) is 42.5 Å². The van der Waals surface area contributed by atoms with Gasteiger partial charge in [0.05, 0.1) is 7.11 Å². The molecule has 0 amide bonds. The first-order valence-electron chi connectivity index (χ1n) is 8.02. The zero-order valence-electron chi connectivity index (χ0n) is 13.5. The minimum absolute atomic E-state index is 0.573. The van der Waals surface area contributed by atoms with Crippen LogP contribution in [0.3, 0.4) is 0 Å². The van der Waals surface area contributed by atoms with E-state index in [1.165, 1.54) is 30.6 Å². The van der Waals surface area contributed by atoms with Crippen LogP contribution >= 0.6 is 0 Å². The second-order valence-electron chi connectivity index (χ2n) is 6.18. The van der Waals surface area contributed by atoms with Crippen molar-refractivity contribution in [1.82, 2.24) is 9.88 Å². The van der Waals surface area contributed by atoms with E-state index < -0.39 is 0 Å². The maximum atomic E-state index is 5.30. The highest BCUT2D eigenvalue weighted by molar-refractivity contribution is 5.31. The van der Waals surface area contributed by atoms with Gasteiger partial charge in [-0.1, -0.05) is 18.2 Å². The largest absolute Gasteiger partial charge is 0.497 e. The zero-order valence-corrected chi connectivity index (χ0v) is 13.5. The Morgan fingerprint density at radius 3 is 2.91 bits per heavy atom. The van der Waals surface area contributed by atoms with E-state index >= 15 is 0 Å². The lowest BCUT2D eigenvalue weighted by molar-refractivity contribution is 0.248. The number of rotatable bonds is 4. The molecule has 3 nitrogen and oxygen atoms in total. The summed E-state index contributed by atoms with van der Waals surface area (Å²) >= 11 is 0. The van der Waals surface area contributed by atoms with Crippen LogP contribution in [0.2, 0.25) is 0 Å². The predicted molar refractivity (Wildman–Crippen MR) is 89.5 cm³/mol. The number of pyridine rings is 1. The molecule has 0 N–H and O–H groups in total. The fourth-order valence-corrected chi connectivity index (χ4v) is 3.22. The van der Waals surface area contributed by atoms with Crippen LogP contribution < -0.4 is 4.74 Å². The normalized spacial score (nSPS) is 19.1. The van der Waals surface area contributed by atoms with Gasteiger partial charge in [-0.2, -0.15) is 0 Å². The molecule has 0 radical (unpaired) electrons. The summed E-state index contributed by atoms with van der Waals surface area (Å²) in [4.78, 5) is 7.32. The smallest absolute Gasteiger partial charge is 0.119 e. The Hall–Kier alpha value is -1.87. The molecule has 0 saturated carbocycles. The van der Waals surface area contributed by atoms with Crippen LogP contribution in [0, 0.1) is 0 Å². The fraction of sp³-hybridized carbons (Fsp3) is 0.421. The van der Waals surface area contributed by atoms with Crippen LogP contribution in [-0.4, -0.2) is 37.1 Å². The van der Waals surface area contributed by atoms with Crippen LogP contribution in [0.5, 0.6) is 5.75 Å². The van der Waals surface area contributed by atoms with Crippen LogP contribution in [-0.2, 0) is 6.42 Å². The van der Waals surface area contributed by atoms with Crippen molar-refractivity contribution in [2.45, 2.75) is 25.2 Å². The number of likely N-dealkylation sites (tertiary alicyclic amines) is 1. The average Bonchev–Trinajstić information content (AvgIpc) is 2.55. The number of nitrogens with zero attached hydrogens (tertiary/aromatic N) is 2. The van der Waals surface area contributed by atoms with Crippen molar-refractivity contribution >= 4 is 0 Å². The second-order valence-corrected chi connectivity index (χ2v) is 6.18. The average molecular weight is 296 g/mol. The van der Waals surface area contributed by atoms with E-state index in [0.717, 1.165) is 24.4 Å². The van der Waals surface area contributed by atoms with Crippen molar-refractivity contribution in [3.63, 3.8) is 0 Å². The molecule has 1 atom stereocenters. The van der Waals surface area contributed by atoms with Gasteiger partial charge in [-0.15, -0.1) is 0 Å². The summed E-state index contributed by atoms with van der Waals surface area (Å²) in [6.45, 7) is 2.33. The third-order valence-electron chi connectivity index (χ3n) is 4.39. The predicted octanol–water partition coefficient (Wildman–Crippen LogP) is 3.49. The highest BCUT2D eigenvalue weighted by Gasteiger charge is 2.20. The van der Waals surface area contributed by atoms with Gasteiger partial charge < -0.3 is 9.64 Å². The number of benzene rings is 1. The number of piperidine rings is 1. The van der Waals surface area contributed by atoms with Gasteiger partial charge in [-0.25, -0.2) is 0 Å². The Labute approximate surface area is 132 Å². The van der Waals surface area contributed by atoms with Gasteiger partial charge in [0.15, 0.2) is 0 Å². The molecule has 1 aromatic heterocycles. The van der Waals surface area contributed by atoms with Gasteiger partial charge in [0.25, 0.3) is 0 Å². The van der Waals surface area contributed by atoms with Crippen molar-refractivity contribution in [3.8, 4) is 5.75 Å². The first-order valence-corrected chi connectivity index (χ1v) is 8.02. The highest BCUT2D eigenvalue weighted by Crippen LogP contribution is 2.25. The first kappa shape index (κ1) is 15.0. The lowest BCUT2D eigenvalue weighted by Gasteiger charge is -2.29. The summed E-state index contributed by atoms with van der Waals surface area (Å²) in [7, 11) is 3.91. The van der Waals surface area contributed by atoms with Crippen molar-refractivity contribution in [1.29, 1.82) is 0 Å². The molecule has 0 unspecified atom stereocenters. The van der Waals surface area contributed by atoms with Crippen LogP contribution in [0.4, 0.5) is 0 Å². The number of hydrogen-bond acceptors (Lipinski definition) is 3. The van der Waals surface area contributed by atoms with Gasteiger partial charge in [0.1, 0.15) is 5.75 Å². The van der Waals surface area contributed by atoms with Crippen molar-refractivity contribution in [2.75, 3.05) is 27.2 Å². The molecular weight excluding hydrogens is 272 g/mol. The van der Waals surface area contributed by atoms with E-state index in [1.807, 2.05) is 12.1 Å². The molecule has 3 heteroatoms. The van der Waals surface area contributed by atoms with Gasteiger partial charge in [-0.05, 0) is 56.3 Å². The molecule has 2 heterocycles. The van der Waals surface area contributed by atoms with E-state index in [9.17, 15) is 0 Å². The molecule has 2 aromatic rings. The molecule has 1 aliphatic rings. The third-order valence-corrected chi connectivity index (χ3v) is 4.39. The summed E-state index contributed by atoms with van der Waals surface area (Å²) in [5, 5.41) is 0. The Bertz CT molecular complexity index is 626. The SMILES string of the molecule is COc1cccc(Cc2cccc([C@H]3CCCN(C)C3)n2)c1. The van der Waals surface area contributed by atoms with Crippen molar-refractivity contribution < 1.29 is 4.74 Å². The van der Waals surface area contributed by atoms with Gasteiger partial charge >= 0.3 is 0 Å². The summed E-state index contributed by atoms with van der Waals surface area (Å²) in [6, 6.07) is 14.7. The molecule has 1 saturated heterocycles. The number of likely N-dealkylation sites (N-methyl/N-ethyl adjacent to an activating group) is 1.